The summed E-state index contributed by atoms with van der Waals surface area (Å²) >= 11 is 0. The van der Waals surface area contributed by atoms with Gasteiger partial charge in [-0.1, -0.05) is 5.16 Å². The van der Waals surface area contributed by atoms with Crippen molar-refractivity contribution < 1.29 is 14.1 Å². The van der Waals surface area contributed by atoms with Gasteiger partial charge in [-0.3, -0.25) is 4.79 Å². The SMILES string of the molecule is Cc1ccc(OC2CCCN(C(=O)CCc3c(C)noc3C)C2)nn1. The first-order valence-electron chi connectivity index (χ1n) is 8.69. The number of amides is 1. The van der Waals surface area contributed by atoms with Gasteiger partial charge in [0.1, 0.15) is 11.9 Å². The summed E-state index contributed by atoms with van der Waals surface area (Å²) in [7, 11) is 0. The van der Waals surface area contributed by atoms with E-state index in [0.29, 0.717) is 25.3 Å². The summed E-state index contributed by atoms with van der Waals surface area (Å²) < 4.78 is 11.0. The van der Waals surface area contributed by atoms with Crippen LogP contribution in [0.25, 0.3) is 0 Å². The molecule has 7 nitrogen and oxygen atoms in total. The highest BCUT2D eigenvalue weighted by Crippen LogP contribution is 2.19. The highest BCUT2D eigenvalue weighted by molar-refractivity contribution is 5.76. The zero-order valence-corrected chi connectivity index (χ0v) is 15.0. The maximum absolute atomic E-state index is 12.5. The molecule has 7 heteroatoms. The Balaban J connectivity index is 1.53. The quantitative estimate of drug-likeness (QED) is 0.828. The molecular weight excluding hydrogens is 320 g/mol. The Morgan fingerprint density at radius 3 is 2.84 bits per heavy atom. The molecule has 0 aliphatic carbocycles. The lowest BCUT2D eigenvalue weighted by Crippen LogP contribution is -2.44. The molecule has 0 N–H and O–H groups in total. The average molecular weight is 344 g/mol. The normalized spacial score (nSPS) is 17.6. The summed E-state index contributed by atoms with van der Waals surface area (Å²) in [6.45, 7) is 7.05. The average Bonchev–Trinajstić information content (AvgIpc) is 2.93. The minimum atomic E-state index is -0.0335. The summed E-state index contributed by atoms with van der Waals surface area (Å²) in [5.74, 6) is 1.45. The number of hydrogen-bond acceptors (Lipinski definition) is 6. The topological polar surface area (TPSA) is 81.4 Å². The van der Waals surface area contributed by atoms with Gasteiger partial charge in [-0.15, -0.1) is 5.10 Å². The van der Waals surface area contributed by atoms with Crippen molar-refractivity contribution in [2.75, 3.05) is 13.1 Å². The van der Waals surface area contributed by atoms with E-state index in [0.717, 1.165) is 42.1 Å². The summed E-state index contributed by atoms with van der Waals surface area (Å²) in [4.78, 5) is 14.4. The van der Waals surface area contributed by atoms with Crippen LogP contribution in [0.2, 0.25) is 0 Å². The van der Waals surface area contributed by atoms with Gasteiger partial charge in [-0.05, 0) is 46.1 Å². The molecule has 1 fully saturated rings. The lowest BCUT2D eigenvalue weighted by molar-refractivity contribution is -0.133. The number of rotatable bonds is 5. The molecule has 0 bridgehead atoms. The van der Waals surface area contributed by atoms with Gasteiger partial charge in [-0.2, -0.15) is 5.10 Å². The first kappa shape index (κ1) is 17.4. The standard InChI is InChI=1S/C18H24N4O3/c1-12-6-8-17(20-19-12)24-15-5-4-10-22(11-15)18(23)9-7-16-13(2)21-25-14(16)3/h6,8,15H,4-5,7,9-11H2,1-3H3. The van der Waals surface area contributed by atoms with E-state index in [1.807, 2.05) is 37.8 Å². The first-order chi connectivity index (χ1) is 12.0. The van der Waals surface area contributed by atoms with Crippen LogP contribution in [0.15, 0.2) is 16.7 Å². The van der Waals surface area contributed by atoms with E-state index in [9.17, 15) is 4.79 Å². The predicted octanol–water partition coefficient (Wildman–Crippen LogP) is 2.39. The molecule has 25 heavy (non-hydrogen) atoms. The molecule has 0 spiro atoms. The molecule has 1 atom stereocenters. The summed E-state index contributed by atoms with van der Waals surface area (Å²) in [6, 6.07) is 3.69. The van der Waals surface area contributed by atoms with E-state index in [-0.39, 0.29) is 12.0 Å². The monoisotopic (exact) mass is 344 g/mol. The van der Waals surface area contributed by atoms with Crippen molar-refractivity contribution in [3.05, 3.63) is 34.8 Å². The van der Waals surface area contributed by atoms with Crippen LogP contribution in [0.3, 0.4) is 0 Å². The van der Waals surface area contributed by atoms with Crippen molar-refractivity contribution in [1.29, 1.82) is 0 Å². The Kier molecular flexibility index (Phi) is 5.31. The molecule has 3 heterocycles. The molecule has 1 saturated heterocycles. The Hall–Kier alpha value is -2.44. The summed E-state index contributed by atoms with van der Waals surface area (Å²) in [6.07, 6.45) is 2.93. The zero-order chi connectivity index (χ0) is 17.8. The number of likely N-dealkylation sites (tertiary alicyclic amines) is 1. The molecule has 0 saturated carbocycles. The van der Waals surface area contributed by atoms with Crippen LogP contribution in [0.5, 0.6) is 5.88 Å². The molecule has 0 aromatic carbocycles. The minimum Gasteiger partial charge on any atom is -0.471 e. The first-order valence-corrected chi connectivity index (χ1v) is 8.69. The van der Waals surface area contributed by atoms with Crippen molar-refractivity contribution in [1.82, 2.24) is 20.3 Å². The van der Waals surface area contributed by atoms with Gasteiger partial charge in [0.25, 0.3) is 0 Å². The molecule has 134 valence electrons. The molecule has 1 aliphatic heterocycles. The number of carbonyl (C=O) groups excluding carboxylic acids is 1. The van der Waals surface area contributed by atoms with E-state index in [4.69, 9.17) is 9.26 Å². The second-order valence-corrected chi connectivity index (χ2v) is 6.54. The van der Waals surface area contributed by atoms with Crippen LogP contribution < -0.4 is 4.74 Å². The van der Waals surface area contributed by atoms with Gasteiger partial charge in [0.05, 0.1) is 17.9 Å². The predicted molar refractivity (Wildman–Crippen MR) is 91.3 cm³/mol. The fourth-order valence-corrected chi connectivity index (χ4v) is 3.13. The molecule has 1 amide bonds. The van der Waals surface area contributed by atoms with E-state index in [1.54, 1.807) is 0 Å². The molecular formula is C18H24N4O3. The van der Waals surface area contributed by atoms with E-state index in [2.05, 4.69) is 15.4 Å². The van der Waals surface area contributed by atoms with Crippen molar-refractivity contribution >= 4 is 5.91 Å². The van der Waals surface area contributed by atoms with Crippen LogP contribution in [-0.4, -0.2) is 45.4 Å². The number of aromatic nitrogens is 3. The van der Waals surface area contributed by atoms with Crippen molar-refractivity contribution in [3.63, 3.8) is 0 Å². The lowest BCUT2D eigenvalue weighted by Gasteiger charge is -2.32. The van der Waals surface area contributed by atoms with Crippen LogP contribution >= 0.6 is 0 Å². The highest BCUT2D eigenvalue weighted by Gasteiger charge is 2.25. The number of nitrogens with zero attached hydrogens (tertiary/aromatic N) is 4. The Morgan fingerprint density at radius 2 is 2.16 bits per heavy atom. The van der Waals surface area contributed by atoms with Gasteiger partial charge in [0.15, 0.2) is 0 Å². The van der Waals surface area contributed by atoms with Gasteiger partial charge in [-0.25, -0.2) is 0 Å². The lowest BCUT2D eigenvalue weighted by atomic mass is 10.1. The van der Waals surface area contributed by atoms with Gasteiger partial charge in [0.2, 0.25) is 11.8 Å². The number of ether oxygens (including phenoxy) is 1. The number of hydrogen-bond donors (Lipinski definition) is 0. The smallest absolute Gasteiger partial charge is 0.233 e. The largest absolute Gasteiger partial charge is 0.471 e. The molecule has 3 rings (SSSR count). The van der Waals surface area contributed by atoms with Gasteiger partial charge >= 0.3 is 0 Å². The number of piperidine rings is 1. The van der Waals surface area contributed by atoms with Crippen LogP contribution in [0, 0.1) is 20.8 Å². The zero-order valence-electron chi connectivity index (χ0n) is 15.0. The van der Waals surface area contributed by atoms with E-state index >= 15 is 0 Å². The fraction of sp³-hybridized carbons (Fsp3) is 0.556. The third kappa shape index (κ3) is 4.35. The minimum absolute atomic E-state index is 0.0335. The summed E-state index contributed by atoms with van der Waals surface area (Å²) in [5, 5.41) is 12.0. The Bertz CT molecular complexity index is 707. The Labute approximate surface area is 147 Å². The maximum atomic E-state index is 12.5. The fourth-order valence-electron chi connectivity index (χ4n) is 3.13. The molecule has 2 aromatic rings. The van der Waals surface area contributed by atoms with Crippen LogP contribution in [0.4, 0.5) is 0 Å². The summed E-state index contributed by atoms with van der Waals surface area (Å²) in [5.41, 5.74) is 2.75. The number of carbonyl (C=O) groups is 1. The van der Waals surface area contributed by atoms with E-state index in [1.165, 1.54) is 0 Å². The highest BCUT2D eigenvalue weighted by atomic mass is 16.5. The van der Waals surface area contributed by atoms with Crippen molar-refractivity contribution in [3.8, 4) is 5.88 Å². The van der Waals surface area contributed by atoms with Crippen molar-refractivity contribution in [2.24, 2.45) is 0 Å². The Morgan fingerprint density at radius 1 is 1.32 bits per heavy atom. The second-order valence-electron chi connectivity index (χ2n) is 6.54. The molecule has 1 unspecified atom stereocenters. The molecule has 1 aliphatic rings. The number of aryl methyl sites for hydroxylation is 3. The van der Waals surface area contributed by atoms with Gasteiger partial charge < -0.3 is 14.2 Å². The van der Waals surface area contributed by atoms with E-state index < -0.39 is 0 Å². The van der Waals surface area contributed by atoms with Gasteiger partial charge in [0, 0.05) is 24.6 Å². The second kappa shape index (κ2) is 7.63. The third-order valence-electron chi connectivity index (χ3n) is 4.56. The van der Waals surface area contributed by atoms with Crippen LogP contribution in [0.1, 0.15) is 42.0 Å². The van der Waals surface area contributed by atoms with Crippen LogP contribution in [-0.2, 0) is 11.2 Å². The molecule has 0 radical (unpaired) electrons. The molecule has 2 aromatic heterocycles. The maximum Gasteiger partial charge on any atom is 0.233 e. The third-order valence-corrected chi connectivity index (χ3v) is 4.56. The van der Waals surface area contributed by atoms with Crippen molar-refractivity contribution in [2.45, 2.75) is 52.6 Å².